The number of rotatable bonds is 4. The van der Waals surface area contributed by atoms with E-state index >= 15 is 0 Å². The van der Waals surface area contributed by atoms with Crippen LogP contribution in [0.4, 0.5) is 0 Å². The molecule has 0 saturated carbocycles. The fourth-order valence-corrected chi connectivity index (χ4v) is 3.16. The van der Waals surface area contributed by atoms with Crippen molar-refractivity contribution in [2.75, 3.05) is 19.3 Å². The molecule has 2 rings (SSSR count). The zero-order chi connectivity index (χ0) is 13.7. The van der Waals surface area contributed by atoms with Crippen LogP contribution >= 0.6 is 11.8 Å². The number of hydrogen-bond donors (Lipinski definition) is 0. The first-order valence-electron chi connectivity index (χ1n) is 6.97. The van der Waals surface area contributed by atoms with Crippen molar-refractivity contribution in [1.29, 1.82) is 5.26 Å². The molecule has 0 aliphatic carbocycles. The maximum atomic E-state index is 9.60. The highest BCUT2D eigenvalue weighted by Gasteiger charge is 2.32. The van der Waals surface area contributed by atoms with Gasteiger partial charge in [0.05, 0.1) is 6.07 Å². The molecule has 1 aliphatic rings. The van der Waals surface area contributed by atoms with Crippen molar-refractivity contribution in [2.24, 2.45) is 0 Å². The van der Waals surface area contributed by atoms with Crippen molar-refractivity contribution in [3.63, 3.8) is 0 Å². The van der Waals surface area contributed by atoms with Crippen LogP contribution in [0.5, 0.6) is 0 Å². The summed E-state index contributed by atoms with van der Waals surface area (Å²) in [5.41, 5.74) is 0.897. The molecule has 0 spiro atoms. The van der Waals surface area contributed by atoms with Gasteiger partial charge in [0, 0.05) is 11.3 Å². The zero-order valence-corrected chi connectivity index (χ0v) is 12.7. The first-order chi connectivity index (χ1) is 9.18. The Morgan fingerprint density at radius 2 is 1.84 bits per heavy atom. The van der Waals surface area contributed by atoms with Crippen molar-refractivity contribution in [2.45, 2.75) is 43.0 Å². The van der Waals surface area contributed by atoms with Crippen LogP contribution in [0.1, 0.15) is 31.7 Å². The Hall–Kier alpha value is -0.980. The molecule has 1 saturated heterocycles. The molecule has 1 heterocycles. The lowest BCUT2D eigenvalue weighted by Gasteiger charge is -2.38. The highest BCUT2D eigenvalue weighted by atomic mass is 32.2. The van der Waals surface area contributed by atoms with Crippen molar-refractivity contribution in [1.82, 2.24) is 4.90 Å². The maximum absolute atomic E-state index is 9.60. The Morgan fingerprint density at radius 3 is 2.37 bits per heavy atom. The van der Waals surface area contributed by atoms with E-state index in [2.05, 4.69) is 48.4 Å². The average Bonchev–Trinajstić information content (AvgIpc) is 2.49. The average molecular weight is 274 g/mol. The Labute approximate surface area is 120 Å². The van der Waals surface area contributed by atoms with Crippen molar-refractivity contribution in [3.05, 3.63) is 29.8 Å². The van der Waals surface area contributed by atoms with E-state index in [1.807, 2.05) is 0 Å². The minimum Gasteiger partial charge on any atom is -0.285 e. The largest absolute Gasteiger partial charge is 0.285 e. The standard InChI is InChI=1S/C16H22N2S/c1-16(13-17,18-10-4-3-5-11-18)12-14-6-8-15(19-2)9-7-14/h6-9H,3-5,10-12H2,1-2H3. The van der Waals surface area contributed by atoms with Crippen LogP contribution in [-0.2, 0) is 6.42 Å². The topological polar surface area (TPSA) is 27.0 Å². The molecule has 3 heteroatoms. The third kappa shape index (κ3) is 3.52. The van der Waals surface area contributed by atoms with Gasteiger partial charge in [-0.05, 0) is 56.8 Å². The Balaban J connectivity index is 2.10. The van der Waals surface area contributed by atoms with Gasteiger partial charge in [0.2, 0.25) is 0 Å². The van der Waals surface area contributed by atoms with Crippen LogP contribution < -0.4 is 0 Å². The lowest BCUT2D eigenvalue weighted by Crippen LogP contribution is -2.49. The second-order valence-electron chi connectivity index (χ2n) is 5.46. The number of nitriles is 1. The molecule has 19 heavy (non-hydrogen) atoms. The molecule has 1 unspecified atom stereocenters. The molecule has 0 aromatic heterocycles. The summed E-state index contributed by atoms with van der Waals surface area (Å²) >= 11 is 1.75. The van der Waals surface area contributed by atoms with E-state index in [1.165, 1.54) is 29.7 Å². The Kier molecular flexibility index (Phi) is 4.90. The van der Waals surface area contributed by atoms with Crippen molar-refractivity contribution in [3.8, 4) is 6.07 Å². The van der Waals surface area contributed by atoms with E-state index in [9.17, 15) is 5.26 Å². The number of hydrogen-bond acceptors (Lipinski definition) is 3. The molecule has 0 radical (unpaired) electrons. The normalized spacial score (nSPS) is 19.6. The van der Waals surface area contributed by atoms with Gasteiger partial charge in [0.15, 0.2) is 0 Å². The number of nitrogens with zero attached hydrogens (tertiary/aromatic N) is 2. The van der Waals surface area contributed by atoms with Crippen LogP contribution in [0.15, 0.2) is 29.2 Å². The molecule has 1 aromatic carbocycles. The number of piperidine rings is 1. The molecule has 2 nitrogen and oxygen atoms in total. The lowest BCUT2D eigenvalue weighted by atomic mass is 9.90. The summed E-state index contributed by atoms with van der Waals surface area (Å²) in [5, 5.41) is 9.60. The van der Waals surface area contributed by atoms with E-state index < -0.39 is 0 Å². The van der Waals surface area contributed by atoms with E-state index in [0.717, 1.165) is 19.5 Å². The highest BCUT2D eigenvalue weighted by molar-refractivity contribution is 7.98. The summed E-state index contributed by atoms with van der Waals surface area (Å²) in [7, 11) is 0. The lowest BCUT2D eigenvalue weighted by molar-refractivity contribution is 0.124. The quantitative estimate of drug-likeness (QED) is 0.783. The predicted molar refractivity (Wildman–Crippen MR) is 81.4 cm³/mol. The van der Waals surface area contributed by atoms with Gasteiger partial charge in [-0.2, -0.15) is 5.26 Å². The van der Waals surface area contributed by atoms with Crippen LogP contribution in [0.25, 0.3) is 0 Å². The first kappa shape index (κ1) is 14.4. The predicted octanol–water partition coefficient (Wildman–Crippen LogP) is 3.72. The summed E-state index contributed by atoms with van der Waals surface area (Å²) in [5.74, 6) is 0. The van der Waals surface area contributed by atoms with Crippen molar-refractivity contribution < 1.29 is 0 Å². The summed E-state index contributed by atoms with van der Waals surface area (Å²) in [6, 6.07) is 11.2. The third-order valence-corrected chi connectivity index (χ3v) is 4.75. The van der Waals surface area contributed by atoms with Crippen LogP contribution in [-0.4, -0.2) is 29.8 Å². The van der Waals surface area contributed by atoms with E-state index in [0.29, 0.717) is 0 Å². The summed E-state index contributed by atoms with van der Waals surface area (Å²) in [4.78, 5) is 3.64. The number of likely N-dealkylation sites (tertiary alicyclic amines) is 1. The van der Waals surface area contributed by atoms with Gasteiger partial charge < -0.3 is 0 Å². The Bertz CT molecular complexity index is 443. The summed E-state index contributed by atoms with van der Waals surface area (Å²) in [6.45, 7) is 4.21. The fourth-order valence-electron chi connectivity index (χ4n) is 2.75. The van der Waals surface area contributed by atoms with Gasteiger partial charge in [-0.25, -0.2) is 0 Å². The SMILES string of the molecule is CSc1ccc(CC(C)(C#N)N2CCCCC2)cc1. The second-order valence-corrected chi connectivity index (χ2v) is 6.34. The molecule has 0 bridgehead atoms. The summed E-state index contributed by atoms with van der Waals surface area (Å²) in [6.07, 6.45) is 6.66. The second kappa shape index (κ2) is 6.45. The summed E-state index contributed by atoms with van der Waals surface area (Å²) < 4.78 is 0. The molecular weight excluding hydrogens is 252 g/mol. The monoisotopic (exact) mass is 274 g/mol. The zero-order valence-electron chi connectivity index (χ0n) is 11.9. The van der Waals surface area contributed by atoms with Gasteiger partial charge >= 0.3 is 0 Å². The van der Waals surface area contributed by atoms with Gasteiger partial charge in [0.1, 0.15) is 5.54 Å². The molecule has 1 fully saturated rings. The number of benzene rings is 1. The molecular formula is C16H22N2S. The van der Waals surface area contributed by atoms with E-state index in [1.54, 1.807) is 11.8 Å². The number of thioether (sulfide) groups is 1. The minimum atomic E-state index is -0.360. The van der Waals surface area contributed by atoms with E-state index in [4.69, 9.17) is 0 Å². The molecule has 0 N–H and O–H groups in total. The molecule has 1 aromatic rings. The molecule has 1 atom stereocenters. The fraction of sp³-hybridized carbons (Fsp3) is 0.562. The Morgan fingerprint density at radius 1 is 1.21 bits per heavy atom. The van der Waals surface area contributed by atoms with Gasteiger partial charge in [-0.3, -0.25) is 4.90 Å². The smallest absolute Gasteiger partial charge is 0.110 e. The van der Waals surface area contributed by atoms with Gasteiger partial charge in [-0.1, -0.05) is 18.6 Å². The van der Waals surface area contributed by atoms with Crippen LogP contribution in [0.3, 0.4) is 0 Å². The highest BCUT2D eigenvalue weighted by Crippen LogP contribution is 2.25. The van der Waals surface area contributed by atoms with Crippen LogP contribution in [0.2, 0.25) is 0 Å². The minimum absolute atomic E-state index is 0.360. The molecule has 102 valence electrons. The maximum Gasteiger partial charge on any atom is 0.110 e. The van der Waals surface area contributed by atoms with E-state index in [-0.39, 0.29) is 5.54 Å². The van der Waals surface area contributed by atoms with Gasteiger partial charge in [0.25, 0.3) is 0 Å². The molecule has 0 amide bonds. The third-order valence-electron chi connectivity index (χ3n) is 4.00. The van der Waals surface area contributed by atoms with Crippen LogP contribution in [0, 0.1) is 11.3 Å². The van der Waals surface area contributed by atoms with Gasteiger partial charge in [-0.15, -0.1) is 11.8 Å². The molecule has 1 aliphatic heterocycles. The first-order valence-corrected chi connectivity index (χ1v) is 8.20. The van der Waals surface area contributed by atoms with Crippen molar-refractivity contribution >= 4 is 11.8 Å².